The van der Waals surface area contributed by atoms with Crippen molar-refractivity contribution in [1.29, 1.82) is 0 Å². The van der Waals surface area contributed by atoms with Gasteiger partial charge in [0, 0.05) is 24.1 Å². The van der Waals surface area contributed by atoms with Gasteiger partial charge in [0.15, 0.2) is 11.6 Å². The van der Waals surface area contributed by atoms with Crippen molar-refractivity contribution in [1.82, 2.24) is 4.98 Å². The van der Waals surface area contributed by atoms with Crippen molar-refractivity contribution in [3.8, 4) is 0 Å². The third-order valence-corrected chi connectivity index (χ3v) is 3.50. The third-order valence-electron chi connectivity index (χ3n) is 3.50. The zero-order valence-corrected chi connectivity index (χ0v) is 10.4. The molecule has 0 saturated carbocycles. The highest BCUT2D eigenvalue weighted by molar-refractivity contribution is 6.05. The molecule has 94 valence electrons. The van der Waals surface area contributed by atoms with Gasteiger partial charge in [-0.15, -0.1) is 0 Å². The second-order valence-electron chi connectivity index (χ2n) is 4.76. The molecule has 3 heteroatoms. The smallest absolute Gasteiger partial charge is 0.185 e. The van der Waals surface area contributed by atoms with Crippen LogP contribution in [0.2, 0.25) is 0 Å². The minimum Gasteiger partial charge on any atom is -0.294 e. The molecule has 1 atom stereocenters. The van der Waals surface area contributed by atoms with Gasteiger partial charge in [0.05, 0.1) is 0 Å². The van der Waals surface area contributed by atoms with Crippen LogP contribution in [0.1, 0.15) is 32.8 Å². The Labute approximate surface area is 111 Å². The SMILES string of the molecule is O=C1CC(C(=O)c2ccccn2)Cc2ccccc21. The monoisotopic (exact) mass is 251 g/mol. The molecule has 2 aromatic rings. The first-order valence-corrected chi connectivity index (χ1v) is 6.32. The van der Waals surface area contributed by atoms with Crippen molar-refractivity contribution < 1.29 is 9.59 Å². The van der Waals surface area contributed by atoms with E-state index in [1.54, 1.807) is 24.4 Å². The van der Waals surface area contributed by atoms with Gasteiger partial charge in [-0.2, -0.15) is 0 Å². The number of hydrogen-bond acceptors (Lipinski definition) is 3. The van der Waals surface area contributed by atoms with Crippen molar-refractivity contribution in [2.75, 3.05) is 0 Å². The average Bonchev–Trinajstić information content (AvgIpc) is 2.47. The maximum absolute atomic E-state index is 12.3. The molecule has 1 aromatic heterocycles. The van der Waals surface area contributed by atoms with Gasteiger partial charge >= 0.3 is 0 Å². The lowest BCUT2D eigenvalue weighted by Gasteiger charge is -2.22. The summed E-state index contributed by atoms with van der Waals surface area (Å²) in [5.41, 5.74) is 2.17. The van der Waals surface area contributed by atoms with Crippen LogP contribution in [0.15, 0.2) is 48.7 Å². The average molecular weight is 251 g/mol. The summed E-state index contributed by atoms with van der Waals surface area (Å²) in [6, 6.07) is 12.8. The van der Waals surface area contributed by atoms with Gasteiger partial charge in [-0.25, -0.2) is 0 Å². The molecule has 19 heavy (non-hydrogen) atoms. The van der Waals surface area contributed by atoms with Crippen LogP contribution in [0.3, 0.4) is 0 Å². The second-order valence-corrected chi connectivity index (χ2v) is 4.76. The van der Waals surface area contributed by atoms with E-state index in [1.165, 1.54) is 0 Å². The summed E-state index contributed by atoms with van der Waals surface area (Å²) in [5.74, 6) is -0.267. The summed E-state index contributed by atoms with van der Waals surface area (Å²) in [4.78, 5) is 28.5. The summed E-state index contributed by atoms with van der Waals surface area (Å²) in [5, 5.41) is 0. The lowest BCUT2D eigenvalue weighted by molar-refractivity contribution is 0.0835. The molecule has 0 N–H and O–H groups in total. The van der Waals surface area contributed by atoms with Crippen molar-refractivity contribution in [3.63, 3.8) is 0 Å². The summed E-state index contributed by atoms with van der Waals surface area (Å²) in [7, 11) is 0. The lowest BCUT2D eigenvalue weighted by atomic mass is 9.80. The van der Waals surface area contributed by atoms with Crippen LogP contribution in [-0.4, -0.2) is 16.6 Å². The van der Waals surface area contributed by atoms with E-state index in [0.717, 1.165) is 11.1 Å². The quantitative estimate of drug-likeness (QED) is 0.771. The number of nitrogens with zero attached hydrogens (tertiary/aromatic N) is 1. The molecule has 1 unspecified atom stereocenters. The first-order chi connectivity index (χ1) is 9.25. The van der Waals surface area contributed by atoms with E-state index in [4.69, 9.17) is 0 Å². The van der Waals surface area contributed by atoms with Crippen molar-refractivity contribution in [3.05, 3.63) is 65.5 Å². The minimum absolute atomic E-state index is 0.0385. The molecule has 1 aliphatic rings. The maximum atomic E-state index is 12.3. The molecule has 0 saturated heterocycles. The molecule has 0 spiro atoms. The fourth-order valence-electron chi connectivity index (χ4n) is 2.54. The first-order valence-electron chi connectivity index (χ1n) is 6.32. The van der Waals surface area contributed by atoms with E-state index >= 15 is 0 Å². The van der Waals surface area contributed by atoms with Crippen LogP contribution >= 0.6 is 0 Å². The Morgan fingerprint density at radius 2 is 1.84 bits per heavy atom. The number of carbonyl (C=O) groups excluding carboxylic acids is 2. The number of hydrogen-bond donors (Lipinski definition) is 0. The predicted molar refractivity (Wildman–Crippen MR) is 71.2 cm³/mol. The highest BCUT2D eigenvalue weighted by Crippen LogP contribution is 2.27. The van der Waals surface area contributed by atoms with Gasteiger partial charge in [0.1, 0.15) is 5.69 Å². The normalized spacial score (nSPS) is 17.9. The van der Waals surface area contributed by atoms with Crippen LogP contribution < -0.4 is 0 Å². The van der Waals surface area contributed by atoms with E-state index in [9.17, 15) is 9.59 Å². The molecule has 3 rings (SSSR count). The van der Waals surface area contributed by atoms with E-state index in [0.29, 0.717) is 12.1 Å². The van der Waals surface area contributed by atoms with Gasteiger partial charge in [0.2, 0.25) is 0 Å². The largest absolute Gasteiger partial charge is 0.294 e. The van der Waals surface area contributed by atoms with Gasteiger partial charge < -0.3 is 0 Å². The second kappa shape index (κ2) is 4.76. The zero-order valence-electron chi connectivity index (χ0n) is 10.4. The molecule has 0 bridgehead atoms. The third kappa shape index (κ3) is 2.19. The Morgan fingerprint density at radius 3 is 2.63 bits per heavy atom. The topological polar surface area (TPSA) is 47.0 Å². The molecule has 1 aliphatic carbocycles. The summed E-state index contributed by atoms with van der Waals surface area (Å²) >= 11 is 0. The van der Waals surface area contributed by atoms with Gasteiger partial charge in [0.25, 0.3) is 0 Å². The number of ketones is 2. The van der Waals surface area contributed by atoms with Crippen molar-refractivity contribution in [2.45, 2.75) is 12.8 Å². The van der Waals surface area contributed by atoms with E-state index in [-0.39, 0.29) is 23.9 Å². The Balaban J connectivity index is 1.90. The number of Topliss-reactive ketones (excluding diaryl/α,β-unsaturated/α-hetero) is 2. The Morgan fingerprint density at radius 1 is 1.05 bits per heavy atom. The summed E-state index contributed by atoms with van der Waals surface area (Å²) < 4.78 is 0. The number of fused-ring (bicyclic) bond motifs is 1. The van der Waals surface area contributed by atoms with E-state index in [2.05, 4.69) is 4.98 Å². The molecule has 0 radical (unpaired) electrons. The van der Waals surface area contributed by atoms with Gasteiger partial charge in [-0.3, -0.25) is 14.6 Å². The molecule has 0 amide bonds. The predicted octanol–water partition coefficient (Wildman–Crippen LogP) is 2.71. The summed E-state index contributed by atoms with van der Waals surface area (Å²) in [6.45, 7) is 0. The van der Waals surface area contributed by atoms with Crippen LogP contribution in [0.25, 0.3) is 0 Å². The molecule has 1 heterocycles. The standard InChI is InChI=1S/C16H13NO2/c18-15-10-12(9-11-5-1-2-6-13(11)15)16(19)14-7-3-4-8-17-14/h1-8,12H,9-10H2. The van der Waals surface area contributed by atoms with E-state index in [1.807, 2.05) is 24.3 Å². The Hall–Kier alpha value is -2.29. The van der Waals surface area contributed by atoms with Crippen LogP contribution in [0.4, 0.5) is 0 Å². The van der Waals surface area contributed by atoms with Crippen LogP contribution in [-0.2, 0) is 6.42 Å². The molecule has 1 aromatic carbocycles. The number of rotatable bonds is 2. The highest BCUT2D eigenvalue weighted by atomic mass is 16.1. The molecule has 3 nitrogen and oxygen atoms in total. The molecule has 0 aliphatic heterocycles. The highest BCUT2D eigenvalue weighted by Gasteiger charge is 2.30. The molecular weight excluding hydrogens is 238 g/mol. The van der Waals surface area contributed by atoms with E-state index < -0.39 is 0 Å². The number of benzene rings is 1. The van der Waals surface area contributed by atoms with Gasteiger partial charge in [-0.05, 0) is 24.1 Å². The number of carbonyl (C=O) groups is 2. The van der Waals surface area contributed by atoms with Crippen molar-refractivity contribution >= 4 is 11.6 Å². The van der Waals surface area contributed by atoms with Crippen LogP contribution in [0, 0.1) is 5.92 Å². The number of aromatic nitrogens is 1. The Kier molecular flexibility index (Phi) is 2.95. The zero-order chi connectivity index (χ0) is 13.2. The fourth-order valence-corrected chi connectivity index (χ4v) is 2.54. The van der Waals surface area contributed by atoms with Crippen molar-refractivity contribution in [2.24, 2.45) is 5.92 Å². The lowest BCUT2D eigenvalue weighted by Crippen LogP contribution is -2.27. The fraction of sp³-hybridized carbons (Fsp3) is 0.188. The van der Waals surface area contributed by atoms with Gasteiger partial charge in [-0.1, -0.05) is 30.3 Å². The number of pyridine rings is 1. The minimum atomic E-state index is -0.280. The van der Waals surface area contributed by atoms with Crippen LogP contribution in [0.5, 0.6) is 0 Å². The Bertz CT molecular complexity index is 634. The molecule has 0 fully saturated rings. The summed E-state index contributed by atoms with van der Waals surface area (Å²) in [6.07, 6.45) is 2.51. The molecular formula is C16H13NO2. The maximum Gasteiger partial charge on any atom is 0.185 e. The first kappa shape index (κ1) is 11.8.